The third kappa shape index (κ3) is 4.04. The number of thioether (sulfide) groups is 1. The lowest BCUT2D eigenvalue weighted by molar-refractivity contribution is -0.130. The molecule has 0 radical (unpaired) electrons. The molecular formula is C19H23N5OS. The van der Waals surface area contributed by atoms with Crippen molar-refractivity contribution >= 4 is 23.4 Å². The van der Waals surface area contributed by atoms with E-state index in [1.54, 1.807) is 4.52 Å². The zero-order valence-corrected chi connectivity index (χ0v) is 16.3. The highest BCUT2D eigenvalue weighted by atomic mass is 32.2. The van der Waals surface area contributed by atoms with Crippen LogP contribution in [-0.4, -0.2) is 42.2 Å². The molecule has 3 rings (SSSR count). The van der Waals surface area contributed by atoms with Crippen LogP contribution in [0.2, 0.25) is 0 Å². The van der Waals surface area contributed by atoms with E-state index in [9.17, 15) is 4.79 Å². The van der Waals surface area contributed by atoms with Crippen LogP contribution < -0.4 is 0 Å². The van der Waals surface area contributed by atoms with Gasteiger partial charge in [0.2, 0.25) is 11.1 Å². The Labute approximate surface area is 157 Å². The largest absolute Gasteiger partial charge is 0.338 e. The topological polar surface area (TPSA) is 63.4 Å². The molecule has 3 aromatic rings. The lowest BCUT2D eigenvalue weighted by Gasteiger charge is -2.23. The molecule has 0 spiro atoms. The SMILES string of the molecule is CCN(Cc1ccccc1)C(=O)C(C)Sc1nc2nc(C)cc(C)n2n1. The van der Waals surface area contributed by atoms with E-state index < -0.39 is 0 Å². The minimum Gasteiger partial charge on any atom is -0.338 e. The molecule has 0 saturated carbocycles. The summed E-state index contributed by atoms with van der Waals surface area (Å²) in [6, 6.07) is 12.0. The highest BCUT2D eigenvalue weighted by Gasteiger charge is 2.22. The standard InChI is InChI=1S/C19H23N5OS/c1-5-23(12-16-9-7-6-8-10-16)17(25)15(4)26-19-21-18-20-13(2)11-14(3)24(18)22-19/h6-11,15H,5,12H2,1-4H3. The van der Waals surface area contributed by atoms with Crippen molar-refractivity contribution in [2.75, 3.05) is 6.54 Å². The van der Waals surface area contributed by atoms with Crippen molar-refractivity contribution in [2.45, 2.75) is 44.6 Å². The highest BCUT2D eigenvalue weighted by Crippen LogP contribution is 2.23. The molecule has 0 aliphatic carbocycles. The van der Waals surface area contributed by atoms with Gasteiger partial charge in [-0.25, -0.2) is 9.50 Å². The first-order valence-corrected chi connectivity index (χ1v) is 9.56. The summed E-state index contributed by atoms with van der Waals surface area (Å²) in [4.78, 5) is 23.6. The number of rotatable bonds is 6. The van der Waals surface area contributed by atoms with E-state index in [4.69, 9.17) is 0 Å². The van der Waals surface area contributed by atoms with Crippen molar-refractivity contribution in [3.05, 3.63) is 53.3 Å². The van der Waals surface area contributed by atoms with Gasteiger partial charge < -0.3 is 4.90 Å². The number of aryl methyl sites for hydroxylation is 2. The van der Waals surface area contributed by atoms with Gasteiger partial charge in [0, 0.05) is 24.5 Å². The van der Waals surface area contributed by atoms with Crippen LogP contribution >= 0.6 is 11.8 Å². The molecule has 1 unspecified atom stereocenters. The molecule has 26 heavy (non-hydrogen) atoms. The van der Waals surface area contributed by atoms with E-state index >= 15 is 0 Å². The molecule has 7 heteroatoms. The van der Waals surface area contributed by atoms with Gasteiger partial charge >= 0.3 is 0 Å². The molecule has 0 aliphatic heterocycles. The Balaban J connectivity index is 1.73. The van der Waals surface area contributed by atoms with Gasteiger partial charge in [-0.1, -0.05) is 42.1 Å². The van der Waals surface area contributed by atoms with Gasteiger partial charge in [-0.3, -0.25) is 4.79 Å². The molecule has 1 aromatic carbocycles. The maximum atomic E-state index is 12.8. The highest BCUT2D eigenvalue weighted by molar-refractivity contribution is 8.00. The molecular weight excluding hydrogens is 346 g/mol. The Bertz CT molecular complexity index is 909. The number of nitrogens with zero attached hydrogens (tertiary/aromatic N) is 5. The molecule has 6 nitrogen and oxygen atoms in total. The fourth-order valence-electron chi connectivity index (χ4n) is 2.81. The smallest absolute Gasteiger partial charge is 0.253 e. The Morgan fingerprint density at radius 2 is 1.96 bits per heavy atom. The summed E-state index contributed by atoms with van der Waals surface area (Å²) in [7, 11) is 0. The fraction of sp³-hybridized carbons (Fsp3) is 0.368. The van der Waals surface area contributed by atoms with Gasteiger partial charge in [-0.15, -0.1) is 5.10 Å². The van der Waals surface area contributed by atoms with Crippen LogP contribution in [-0.2, 0) is 11.3 Å². The number of amides is 1. The van der Waals surface area contributed by atoms with E-state index in [1.807, 2.05) is 69.0 Å². The summed E-state index contributed by atoms with van der Waals surface area (Å²) >= 11 is 1.37. The number of benzene rings is 1. The third-order valence-electron chi connectivity index (χ3n) is 4.14. The van der Waals surface area contributed by atoms with Crippen molar-refractivity contribution in [3.8, 4) is 0 Å². The molecule has 0 saturated heterocycles. The minimum atomic E-state index is -0.266. The third-order valence-corrected chi connectivity index (χ3v) is 5.08. The molecule has 0 aliphatic rings. The van der Waals surface area contributed by atoms with E-state index in [0.29, 0.717) is 24.0 Å². The number of carbonyl (C=O) groups is 1. The average Bonchev–Trinajstić information content (AvgIpc) is 3.02. The predicted octanol–water partition coefficient (Wildman–Crippen LogP) is 3.27. The lowest BCUT2D eigenvalue weighted by Crippen LogP contribution is -2.36. The molecule has 1 atom stereocenters. The molecule has 0 bridgehead atoms. The number of aromatic nitrogens is 4. The van der Waals surface area contributed by atoms with Crippen molar-refractivity contribution in [3.63, 3.8) is 0 Å². The first kappa shape index (κ1) is 18.4. The number of carbonyl (C=O) groups excluding carboxylic acids is 1. The molecule has 1 amide bonds. The molecule has 2 aromatic heterocycles. The van der Waals surface area contributed by atoms with Gasteiger partial charge in [0.25, 0.3) is 5.78 Å². The van der Waals surface area contributed by atoms with Gasteiger partial charge in [-0.2, -0.15) is 4.98 Å². The van der Waals surface area contributed by atoms with E-state index in [-0.39, 0.29) is 11.2 Å². The van der Waals surface area contributed by atoms with E-state index in [1.165, 1.54) is 11.8 Å². The van der Waals surface area contributed by atoms with Crippen LogP contribution in [0.5, 0.6) is 0 Å². The zero-order chi connectivity index (χ0) is 18.7. The second kappa shape index (κ2) is 7.86. The van der Waals surface area contributed by atoms with E-state index in [2.05, 4.69) is 15.1 Å². The molecule has 136 valence electrons. The van der Waals surface area contributed by atoms with Crippen molar-refractivity contribution in [2.24, 2.45) is 0 Å². The summed E-state index contributed by atoms with van der Waals surface area (Å²) < 4.78 is 1.72. The monoisotopic (exact) mass is 369 g/mol. The number of hydrogen-bond acceptors (Lipinski definition) is 5. The maximum Gasteiger partial charge on any atom is 0.253 e. The second-order valence-corrected chi connectivity index (χ2v) is 7.55. The van der Waals surface area contributed by atoms with Crippen molar-refractivity contribution in [1.82, 2.24) is 24.5 Å². The first-order valence-electron chi connectivity index (χ1n) is 8.68. The van der Waals surface area contributed by atoms with Crippen molar-refractivity contribution < 1.29 is 4.79 Å². The molecule has 0 N–H and O–H groups in total. The lowest BCUT2D eigenvalue weighted by atomic mass is 10.2. The predicted molar refractivity (Wildman–Crippen MR) is 103 cm³/mol. The van der Waals surface area contributed by atoms with Crippen LogP contribution in [0.1, 0.15) is 30.8 Å². The van der Waals surface area contributed by atoms with Crippen LogP contribution in [0, 0.1) is 13.8 Å². The quantitative estimate of drug-likeness (QED) is 0.624. The Kier molecular flexibility index (Phi) is 5.56. The molecule has 0 fully saturated rings. The summed E-state index contributed by atoms with van der Waals surface area (Å²) in [5.41, 5.74) is 3.01. The Morgan fingerprint density at radius 3 is 2.65 bits per heavy atom. The first-order chi connectivity index (χ1) is 12.5. The minimum absolute atomic E-state index is 0.0843. The summed E-state index contributed by atoms with van der Waals surface area (Å²) in [6.07, 6.45) is 0. The number of hydrogen-bond donors (Lipinski definition) is 0. The van der Waals surface area contributed by atoms with Crippen molar-refractivity contribution in [1.29, 1.82) is 0 Å². The Hall–Kier alpha value is -2.41. The van der Waals surface area contributed by atoms with Gasteiger partial charge in [0.15, 0.2) is 0 Å². The van der Waals surface area contributed by atoms with Gasteiger partial charge in [0.1, 0.15) is 0 Å². The summed E-state index contributed by atoms with van der Waals surface area (Å²) in [5.74, 6) is 0.655. The van der Waals surface area contributed by atoms with E-state index in [0.717, 1.165) is 17.0 Å². The summed E-state index contributed by atoms with van der Waals surface area (Å²) in [5, 5.41) is 4.79. The maximum absolute atomic E-state index is 12.8. The van der Waals surface area contributed by atoms with Crippen LogP contribution in [0.25, 0.3) is 5.78 Å². The second-order valence-electron chi connectivity index (χ2n) is 6.24. The average molecular weight is 369 g/mol. The van der Waals surface area contributed by atoms with Crippen LogP contribution in [0.15, 0.2) is 41.6 Å². The normalized spacial score (nSPS) is 12.3. The Morgan fingerprint density at radius 1 is 1.23 bits per heavy atom. The van der Waals surface area contributed by atoms with Gasteiger partial charge in [0.05, 0.1) is 5.25 Å². The van der Waals surface area contributed by atoms with Gasteiger partial charge in [-0.05, 0) is 39.3 Å². The zero-order valence-electron chi connectivity index (χ0n) is 15.5. The fourth-order valence-corrected chi connectivity index (χ4v) is 3.64. The van der Waals surface area contributed by atoms with Crippen LogP contribution in [0.3, 0.4) is 0 Å². The molecule has 2 heterocycles. The summed E-state index contributed by atoms with van der Waals surface area (Å²) in [6.45, 7) is 9.08. The number of fused-ring (bicyclic) bond motifs is 1. The van der Waals surface area contributed by atoms with Crippen LogP contribution in [0.4, 0.5) is 0 Å².